The molecule has 2 fully saturated rings. The molecule has 4 amide bonds. The monoisotopic (exact) mass is 500 g/mol. The number of rotatable bonds is 8. The second-order valence-corrected chi connectivity index (χ2v) is 9.95. The van der Waals surface area contributed by atoms with E-state index in [-0.39, 0.29) is 30.8 Å². The fraction of sp³-hybridized carbons (Fsp3) is 0.630. The Morgan fingerprint density at radius 3 is 2.33 bits per heavy atom. The second kappa shape index (κ2) is 13.4. The normalized spacial score (nSPS) is 26.6. The largest absolute Gasteiger partial charge is 0.396 e. The van der Waals surface area contributed by atoms with Gasteiger partial charge in [-0.3, -0.25) is 19.2 Å². The number of hydrogen-bond donors (Lipinski definition) is 4. The Hall–Kier alpha value is -2.94. The van der Waals surface area contributed by atoms with Crippen LogP contribution in [0.3, 0.4) is 0 Å². The summed E-state index contributed by atoms with van der Waals surface area (Å²) in [5, 5.41) is 17.8. The Labute approximate surface area is 213 Å². The number of piperidine rings is 1. The number of carbonyl (C=O) groups excluding carboxylic acids is 4. The minimum atomic E-state index is -0.909. The van der Waals surface area contributed by atoms with Crippen molar-refractivity contribution in [1.29, 1.82) is 0 Å². The van der Waals surface area contributed by atoms with Crippen LogP contribution in [0.15, 0.2) is 30.3 Å². The molecule has 0 aromatic heterocycles. The SMILES string of the molecule is CC[C@H](C)[C@@H]1NC(=O)[C@@H](Cc2ccccc2)NC(=O)[C@H](CCCCO)NC(=O)[C@@H]2CCCCN2C1=O. The predicted octanol–water partition coefficient (Wildman–Crippen LogP) is 1.29. The van der Waals surface area contributed by atoms with Crippen LogP contribution in [-0.4, -0.2) is 71.0 Å². The van der Waals surface area contributed by atoms with E-state index < -0.39 is 36.0 Å². The third-order valence-corrected chi connectivity index (χ3v) is 7.31. The minimum Gasteiger partial charge on any atom is -0.396 e. The van der Waals surface area contributed by atoms with Crippen molar-refractivity contribution in [3.05, 3.63) is 35.9 Å². The first-order valence-electron chi connectivity index (χ1n) is 13.2. The summed E-state index contributed by atoms with van der Waals surface area (Å²) in [5.74, 6) is -1.59. The molecule has 4 N–H and O–H groups in total. The Bertz CT molecular complexity index is 909. The van der Waals surface area contributed by atoms with Crippen LogP contribution in [0.1, 0.15) is 64.4 Å². The quantitative estimate of drug-likeness (QED) is 0.400. The molecule has 2 saturated heterocycles. The molecule has 2 aliphatic rings. The minimum absolute atomic E-state index is 0.0107. The molecule has 0 bridgehead atoms. The summed E-state index contributed by atoms with van der Waals surface area (Å²) in [6.45, 7) is 4.30. The van der Waals surface area contributed by atoms with Gasteiger partial charge in [0, 0.05) is 19.6 Å². The average molecular weight is 501 g/mol. The van der Waals surface area contributed by atoms with Gasteiger partial charge in [-0.25, -0.2) is 0 Å². The van der Waals surface area contributed by atoms with E-state index in [0.717, 1.165) is 18.4 Å². The van der Waals surface area contributed by atoms with E-state index in [4.69, 9.17) is 0 Å². The van der Waals surface area contributed by atoms with Crippen molar-refractivity contribution in [2.75, 3.05) is 13.2 Å². The predicted molar refractivity (Wildman–Crippen MR) is 136 cm³/mol. The summed E-state index contributed by atoms with van der Waals surface area (Å²) in [4.78, 5) is 55.6. The van der Waals surface area contributed by atoms with Crippen LogP contribution in [0.5, 0.6) is 0 Å². The van der Waals surface area contributed by atoms with E-state index in [9.17, 15) is 24.3 Å². The van der Waals surface area contributed by atoms with E-state index in [2.05, 4.69) is 16.0 Å². The lowest BCUT2D eigenvalue weighted by Crippen LogP contribution is -2.64. The van der Waals surface area contributed by atoms with E-state index in [1.165, 1.54) is 0 Å². The first-order valence-corrected chi connectivity index (χ1v) is 13.2. The summed E-state index contributed by atoms with van der Waals surface area (Å²) < 4.78 is 0. The fourth-order valence-corrected chi connectivity index (χ4v) is 4.91. The van der Waals surface area contributed by atoms with Crippen LogP contribution >= 0.6 is 0 Å². The highest BCUT2D eigenvalue weighted by atomic mass is 16.3. The summed E-state index contributed by atoms with van der Waals surface area (Å²) in [7, 11) is 0. The molecule has 0 saturated carbocycles. The van der Waals surface area contributed by atoms with Crippen molar-refractivity contribution in [1.82, 2.24) is 20.9 Å². The Kier molecular flexibility index (Phi) is 10.3. The van der Waals surface area contributed by atoms with Gasteiger partial charge in [0.25, 0.3) is 0 Å². The van der Waals surface area contributed by atoms with E-state index in [1.807, 2.05) is 44.2 Å². The van der Waals surface area contributed by atoms with Gasteiger partial charge in [-0.05, 0) is 50.0 Å². The molecule has 9 heteroatoms. The first-order chi connectivity index (χ1) is 17.3. The molecule has 1 aromatic carbocycles. The van der Waals surface area contributed by atoms with Crippen LogP contribution < -0.4 is 16.0 Å². The van der Waals surface area contributed by atoms with Crippen LogP contribution in [0, 0.1) is 5.92 Å². The standard InChI is InChI=1S/C27H40N4O5/c1-3-18(2)23-27(36)31-15-9-7-14-22(31)26(35)28-20(13-8-10-16-32)24(33)29-21(25(34)30-23)17-19-11-5-4-6-12-19/h4-6,11-12,18,20-23,32H,3,7-10,13-17H2,1-2H3,(H,28,35)(H,29,33)(H,30,34)/t18-,20-,21+,22-,23-/m0/s1. The third-order valence-electron chi connectivity index (χ3n) is 7.31. The van der Waals surface area contributed by atoms with Crippen LogP contribution in [-0.2, 0) is 25.6 Å². The summed E-state index contributed by atoms with van der Waals surface area (Å²) in [6.07, 6.45) is 4.39. The maximum absolute atomic E-state index is 13.7. The highest BCUT2D eigenvalue weighted by Crippen LogP contribution is 2.22. The molecule has 0 aliphatic carbocycles. The van der Waals surface area contributed by atoms with Gasteiger partial charge in [0.15, 0.2) is 0 Å². The molecule has 0 spiro atoms. The molecule has 2 heterocycles. The number of benzene rings is 1. The number of amides is 4. The van der Waals surface area contributed by atoms with Gasteiger partial charge in [-0.2, -0.15) is 0 Å². The van der Waals surface area contributed by atoms with Gasteiger partial charge in [0.1, 0.15) is 24.2 Å². The summed E-state index contributed by atoms with van der Waals surface area (Å²) >= 11 is 0. The van der Waals surface area contributed by atoms with Crippen molar-refractivity contribution in [3.63, 3.8) is 0 Å². The number of aliphatic hydroxyl groups excluding tert-OH is 1. The fourth-order valence-electron chi connectivity index (χ4n) is 4.91. The molecular formula is C27H40N4O5. The lowest BCUT2D eigenvalue weighted by molar-refractivity contribution is -0.147. The molecule has 2 aliphatic heterocycles. The van der Waals surface area contributed by atoms with Gasteiger partial charge in [-0.15, -0.1) is 0 Å². The van der Waals surface area contributed by atoms with E-state index >= 15 is 0 Å². The number of aliphatic hydroxyl groups is 1. The number of hydrogen-bond acceptors (Lipinski definition) is 5. The number of fused-ring (bicyclic) bond motifs is 1. The van der Waals surface area contributed by atoms with Gasteiger partial charge in [-0.1, -0.05) is 50.6 Å². The van der Waals surface area contributed by atoms with Gasteiger partial charge in [0.05, 0.1) is 0 Å². The Morgan fingerprint density at radius 2 is 1.64 bits per heavy atom. The molecule has 36 heavy (non-hydrogen) atoms. The molecule has 9 nitrogen and oxygen atoms in total. The number of nitrogens with zero attached hydrogens (tertiary/aromatic N) is 1. The maximum atomic E-state index is 13.7. The lowest BCUT2D eigenvalue weighted by Gasteiger charge is -2.39. The summed E-state index contributed by atoms with van der Waals surface area (Å²) in [5.41, 5.74) is 0.869. The number of nitrogens with one attached hydrogen (secondary N) is 3. The van der Waals surface area contributed by atoms with Crippen LogP contribution in [0.25, 0.3) is 0 Å². The zero-order valence-corrected chi connectivity index (χ0v) is 21.4. The van der Waals surface area contributed by atoms with Crippen molar-refractivity contribution in [2.45, 2.75) is 89.4 Å². The van der Waals surface area contributed by atoms with Crippen molar-refractivity contribution < 1.29 is 24.3 Å². The van der Waals surface area contributed by atoms with Crippen LogP contribution in [0.4, 0.5) is 0 Å². The highest BCUT2D eigenvalue weighted by molar-refractivity contribution is 5.97. The molecule has 1 aromatic rings. The second-order valence-electron chi connectivity index (χ2n) is 9.95. The molecule has 198 valence electrons. The van der Waals surface area contributed by atoms with Gasteiger partial charge in [0.2, 0.25) is 23.6 Å². The van der Waals surface area contributed by atoms with E-state index in [1.54, 1.807) is 4.90 Å². The Balaban J connectivity index is 1.96. The van der Waals surface area contributed by atoms with Crippen molar-refractivity contribution in [2.24, 2.45) is 5.92 Å². The van der Waals surface area contributed by atoms with Gasteiger partial charge < -0.3 is 26.0 Å². The van der Waals surface area contributed by atoms with Crippen molar-refractivity contribution >= 4 is 23.6 Å². The smallest absolute Gasteiger partial charge is 0.246 e. The van der Waals surface area contributed by atoms with Gasteiger partial charge >= 0.3 is 0 Å². The number of carbonyl (C=O) groups is 4. The molecular weight excluding hydrogens is 460 g/mol. The molecule has 3 rings (SSSR count). The van der Waals surface area contributed by atoms with Crippen LogP contribution in [0.2, 0.25) is 0 Å². The van der Waals surface area contributed by atoms with Crippen molar-refractivity contribution in [3.8, 4) is 0 Å². The zero-order valence-electron chi connectivity index (χ0n) is 21.4. The zero-order chi connectivity index (χ0) is 26.1. The first kappa shape index (κ1) is 27.6. The number of unbranched alkanes of at least 4 members (excludes halogenated alkanes) is 1. The topological polar surface area (TPSA) is 128 Å². The summed E-state index contributed by atoms with van der Waals surface area (Å²) in [6, 6.07) is 6.13. The molecule has 0 unspecified atom stereocenters. The molecule has 5 atom stereocenters. The van der Waals surface area contributed by atoms with E-state index in [0.29, 0.717) is 38.6 Å². The Morgan fingerprint density at radius 1 is 0.944 bits per heavy atom. The maximum Gasteiger partial charge on any atom is 0.246 e. The molecule has 0 radical (unpaired) electrons. The lowest BCUT2D eigenvalue weighted by atomic mass is 9.93. The highest BCUT2D eigenvalue weighted by Gasteiger charge is 2.40. The average Bonchev–Trinajstić information content (AvgIpc) is 2.89. The third kappa shape index (κ3) is 7.06.